The molecule has 0 aliphatic rings. The number of carboxylic acids is 1. The first-order chi connectivity index (χ1) is 8.99. The van der Waals surface area contributed by atoms with Gasteiger partial charge in [-0.2, -0.15) is 0 Å². The van der Waals surface area contributed by atoms with Crippen LogP contribution in [0.25, 0.3) is 0 Å². The lowest BCUT2D eigenvalue weighted by Gasteiger charge is -2.09. The average molecular weight is 264 g/mol. The largest absolute Gasteiger partial charge is 0.478 e. The van der Waals surface area contributed by atoms with Gasteiger partial charge in [-0.1, -0.05) is 26.0 Å². The molecule has 19 heavy (non-hydrogen) atoms. The third kappa shape index (κ3) is 6.01. The van der Waals surface area contributed by atoms with E-state index in [1.165, 1.54) is 6.07 Å². The van der Waals surface area contributed by atoms with Crippen LogP contribution in [0.1, 0.15) is 36.2 Å². The molecule has 1 rings (SSSR count). The molecule has 0 bridgehead atoms. The summed E-state index contributed by atoms with van der Waals surface area (Å²) in [5, 5.41) is 14.8. The highest BCUT2D eigenvalue weighted by atomic mass is 16.4. The Morgan fingerprint density at radius 2 is 2.05 bits per heavy atom. The van der Waals surface area contributed by atoms with Gasteiger partial charge in [-0.25, -0.2) is 4.79 Å². The quantitative estimate of drug-likeness (QED) is 0.695. The summed E-state index contributed by atoms with van der Waals surface area (Å²) >= 11 is 0. The van der Waals surface area contributed by atoms with E-state index in [2.05, 4.69) is 10.6 Å². The first kappa shape index (κ1) is 15.2. The maximum absolute atomic E-state index is 11.5. The summed E-state index contributed by atoms with van der Waals surface area (Å²) in [6.45, 7) is 5.03. The van der Waals surface area contributed by atoms with E-state index in [0.717, 1.165) is 5.56 Å². The van der Waals surface area contributed by atoms with Crippen LogP contribution < -0.4 is 10.6 Å². The predicted molar refractivity (Wildman–Crippen MR) is 73.0 cm³/mol. The van der Waals surface area contributed by atoms with Crippen molar-refractivity contribution in [2.75, 3.05) is 6.54 Å². The van der Waals surface area contributed by atoms with E-state index in [0.29, 0.717) is 25.6 Å². The fourth-order valence-electron chi connectivity index (χ4n) is 1.58. The summed E-state index contributed by atoms with van der Waals surface area (Å²) in [6, 6.07) is 6.92. The summed E-state index contributed by atoms with van der Waals surface area (Å²) in [5.74, 6) is -1.01. The minimum absolute atomic E-state index is 0.0473. The minimum Gasteiger partial charge on any atom is -0.478 e. The van der Waals surface area contributed by atoms with Crippen LogP contribution in [-0.4, -0.2) is 29.6 Å². The number of hydrogen-bond donors (Lipinski definition) is 3. The van der Waals surface area contributed by atoms with E-state index in [1.54, 1.807) is 18.2 Å². The van der Waals surface area contributed by atoms with Gasteiger partial charge in [0.1, 0.15) is 0 Å². The molecule has 0 unspecified atom stereocenters. The van der Waals surface area contributed by atoms with Crippen LogP contribution in [0, 0.1) is 0 Å². The number of hydrogen-bond acceptors (Lipinski definition) is 3. The normalized spacial score (nSPS) is 10.5. The van der Waals surface area contributed by atoms with Gasteiger partial charge in [0, 0.05) is 25.6 Å². The van der Waals surface area contributed by atoms with Crippen molar-refractivity contribution in [3.63, 3.8) is 0 Å². The number of carbonyl (C=O) groups excluding carboxylic acids is 1. The van der Waals surface area contributed by atoms with Crippen molar-refractivity contribution < 1.29 is 14.7 Å². The number of carboxylic acid groups (broad SMARTS) is 1. The first-order valence-corrected chi connectivity index (χ1v) is 6.31. The van der Waals surface area contributed by atoms with E-state index in [4.69, 9.17) is 5.11 Å². The maximum atomic E-state index is 11.5. The molecule has 0 fully saturated rings. The Balaban J connectivity index is 2.37. The van der Waals surface area contributed by atoms with E-state index < -0.39 is 5.97 Å². The molecule has 0 aliphatic carbocycles. The standard InChI is InChI=1S/C14H20N2O3/c1-10(2)15-7-6-13(17)16-9-11-4-3-5-12(8-11)14(18)19/h3-5,8,10,15H,6-7,9H2,1-2H3,(H,16,17)(H,18,19). The fourth-order valence-corrected chi connectivity index (χ4v) is 1.58. The Kier molecular flexibility index (Phi) is 6.02. The average Bonchev–Trinajstić information content (AvgIpc) is 2.36. The third-order valence-electron chi connectivity index (χ3n) is 2.57. The lowest BCUT2D eigenvalue weighted by atomic mass is 10.1. The van der Waals surface area contributed by atoms with E-state index in [1.807, 2.05) is 13.8 Å². The van der Waals surface area contributed by atoms with Gasteiger partial charge < -0.3 is 15.7 Å². The number of amides is 1. The molecule has 1 aromatic carbocycles. The minimum atomic E-state index is -0.964. The smallest absolute Gasteiger partial charge is 0.335 e. The lowest BCUT2D eigenvalue weighted by molar-refractivity contribution is -0.121. The van der Waals surface area contributed by atoms with Gasteiger partial charge in [0.2, 0.25) is 5.91 Å². The zero-order chi connectivity index (χ0) is 14.3. The Bertz CT molecular complexity index is 444. The number of aromatic carboxylic acids is 1. The Labute approximate surface area is 113 Å². The van der Waals surface area contributed by atoms with Gasteiger partial charge in [-0.15, -0.1) is 0 Å². The highest BCUT2D eigenvalue weighted by Gasteiger charge is 2.05. The van der Waals surface area contributed by atoms with Gasteiger partial charge >= 0.3 is 5.97 Å². The summed E-state index contributed by atoms with van der Waals surface area (Å²) in [4.78, 5) is 22.4. The number of nitrogens with one attached hydrogen (secondary N) is 2. The Morgan fingerprint density at radius 3 is 2.68 bits per heavy atom. The van der Waals surface area contributed by atoms with Crippen molar-refractivity contribution in [2.24, 2.45) is 0 Å². The van der Waals surface area contributed by atoms with Crippen LogP contribution in [0.15, 0.2) is 24.3 Å². The van der Waals surface area contributed by atoms with Crippen LogP contribution in [-0.2, 0) is 11.3 Å². The van der Waals surface area contributed by atoms with Crippen molar-refractivity contribution in [3.05, 3.63) is 35.4 Å². The summed E-state index contributed by atoms with van der Waals surface area (Å²) in [5.41, 5.74) is 1.01. The number of benzene rings is 1. The molecule has 1 amide bonds. The Hall–Kier alpha value is -1.88. The zero-order valence-electron chi connectivity index (χ0n) is 11.3. The topological polar surface area (TPSA) is 78.4 Å². The number of carbonyl (C=O) groups is 2. The van der Waals surface area contributed by atoms with Gasteiger partial charge in [-0.3, -0.25) is 4.79 Å². The molecule has 0 aliphatic heterocycles. The SMILES string of the molecule is CC(C)NCCC(=O)NCc1cccc(C(=O)O)c1. The molecule has 0 saturated carbocycles. The molecular weight excluding hydrogens is 244 g/mol. The van der Waals surface area contributed by atoms with E-state index in [9.17, 15) is 9.59 Å². The zero-order valence-corrected chi connectivity index (χ0v) is 11.3. The van der Waals surface area contributed by atoms with Gasteiger partial charge in [0.25, 0.3) is 0 Å². The van der Waals surface area contributed by atoms with Crippen molar-refractivity contribution in [1.82, 2.24) is 10.6 Å². The summed E-state index contributed by atoms with van der Waals surface area (Å²) < 4.78 is 0. The summed E-state index contributed by atoms with van der Waals surface area (Å²) in [6.07, 6.45) is 0.413. The highest BCUT2D eigenvalue weighted by molar-refractivity contribution is 5.87. The first-order valence-electron chi connectivity index (χ1n) is 6.31. The van der Waals surface area contributed by atoms with E-state index >= 15 is 0 Å². The molecule has 0 spiro atoms. The maximum Gasteiger partial charge on any atom is 0.335 e. The summed E-state index contributed by atoms with van der Waals surface area (Å²) in [7, 11) is 0. The van der Waals surface area contributed by atoms with Crippen LogP contribution in [0.5, 0.6) is 0 Å². The van der Waals surface area contributed by atoms with Crippen LogP contribution >= 0.6 is 0 Å². The predicted octanol–water partition coefficient (Wildman–Crippen LogP) is 1.39. The monoisotopic (exact) mass is 264 g/mol. The second kappa shape index (κ2) is 7.53. The van der Waals surface area contributed by atoms with Crippen molar-refractivity contribution in [1.29, 1.82) is 0 Å². The molecule has 0 radical (unpaired) electrons. The van der Waals surface area contributed by atoms with Crippen LogP contribution in [0.3, 0.4) is 0 Å². The van der Waals surface area contributed by atoms with Crippen LogP contribution in [0.4, 0.5) is 0 Å². The molecule has 104 valence electrons. The molecule has 0 saturated heterocycles. The lowest BCUT2D eigenvalue weighted by Crippen LogP contribution is -2.30. The fraction of sp³-hybridized carbons (Fsp3) is 0.429. The molecule has 5 nitrogen and oxygen atoms in total. The number of rotatable bonds is 7. The molecule has 1 aromatic rings. The molecule has 0 atom stereocenters. The Morgan fingerprint density at radius 1 is 1.32 bits per heavy atom. The van der Waals surface area contributed by atoms with Crippen molar-refractivity contribution in [3.8, 4) is 0 Å². The molecule has 0 heterocycles. The van der Waals surface area contributed by atoms with Gasteiger partial charge in [0.05, 0.1) is 5.56 Å². The van der Waals surface area contributed by atoms with Crippen LogP contribution in [0.2, 0.25) is 0 Å². The molecule has 0 aromatic heterocycles. The molecule has 5 heteroatoms. The van der Waals surface area contributed by atoms with Gasteiger partial charge in [-0.05, 0) is 17.7 Å². The highest BCUT2D eigenvalue weighted by Crippen LogP contribution is 2.05. The second-order valence-corrected chi connectivity index (χ2v) is 4.64. The molecule has 3 N–H and O–H groups in total. The third-order valence-corrected chi connectivity index (χ3v) is 2.57. The second-order valence-electron chi connectivity index (χ2n) is 4.64. The van der Waals surface area contributed by atoms with Crippen molar-refractivity contribution >= 4 is 11.9 Å². The molecular formula is C14H20N2O3. The van der Waals surface area contributed by atoms with Crippen molar-refractivity contribution in [2.45, 2.75) is 32.9 Å². The van der Waals surface area contributed by atoms with E-state index in [-0.39, 0.29) is 11.5 Å². The van der Waals surface area contributed by atoms with Gasteiger partial charge in [0.15, 0.2) is 0 Å².